The normalized spacial score (nSPS) is 10.3. The minimum absolute atomic E-state index is 0.137. The molecule has 0 fully saturated rings. The number of benzene rings is 1. The van der Waals surface area contributed by atoms with E-state index in [-0.39, 0.29) is 11.6 Å². The molecule has 0 aliphatic heterocycles. The molecule has 4 nitrogen and oxygen atoms in total. The van der Waals surface area contributed by atoms with Gasteiger partial charge in [0.05, 0.1) is 11.4 Å². The van der Waals surface area contributed by atoms with Gasteiger partial charge < -0.3 is 5.73 Å². The van der Waals surface area contributed by atoms with Crippen LogP contribution in [0.5, 0.6) is 0 Å². The van der Waals surface area contributed by atoms with Gasteiger partial charge >= 0.3 is 0 Å². The van der Waals surface area contributed by atoms with E-state index in [0.717, 1.165) is 11.1 Å². The summed E-state index contributed by atoms with van der Waals surface area (Å²) in [6, 6.07) is 13.6. The van der Waals surface area contributed by atoms with E-state index in [4.69, 9.17) is 5.73 Å². The van der Waals surface area contributed by atoms with Crippen molar-refractivity contribution in [3.8, 4) is 28.6 Å². The summed E-state index contributed by atoms with van der Waals surface area (Å²) in [7, 11) is 0. The van der Waals surface area contributed by atoms with Crippen LogP contribution in [0.1, 0.15) is 11.1 Å². The van der Waals surface area contributed by atoms with Crippen LogP contribution in [0.4, 0.5) is 10.2 Å². The first-order chi connectivity index (χ1) is 11.1. The van der Waals surface area contributed by atoms with E-state index in [9.17, 15) is 9.65 Å². The van der Waals surface area contributed by atoms with Gasteiger partial charge in [-0.1, -0.05) is 6.07 Å². The van der Waals surface area contributed by atoms with E-state index in [1.165, 1.54) is 12.1 Å². The second kappa shape index (κ2) is 5.85. The van der Waals surface area contributed by atoms with E-state index < -0.39 is 0 Å². The summed E-state index contributed by atoms with van der Waals surface area (Å²) >= 11 is 0. The number of aromatic nitrogens is 2. The van der Waals surface area contributed by atoms with Crippen LogP contribution >= 0.6 is 0 Å². The van der Waals surface area contributed by atoms with E-state index in [1.807, 2.05) is 19.1 Å². The number of hydrogen-bond donors (Lipinski definition) is 1. The van der Waals surface area contributed by atoms with Gasteiger partial charge in [-0.15, -0.1) is 0 Å². The molecule has 0 amide bonds. The molecule has 0 saturated heterocycles. The molecule has 2 aromatic heterocycles. The first-order valence-corrected chi connectivity index (χ1v) is 6.99. The molecule has 3 rings (SSSR count). The highest BCUT2D eigenvalue weighted by atomic mass is 19.1. The number of nitrogen functional groups attached to an aromatic ring is 1. The van der Waals surface area contributed by atoms with Crippen molar-refractivity contribution in [1.82, 2.24) is 9.97 Å². The average molecular weight is 304 g/mol. The lowest BCUT2D eigenvalue weighted by Gasteiger charge is -2.14. The van der Waals surface area contributed by atoms with Crippen molar-refractivity contribution < 1.29 is 4.39 Å². The molecule has 0 radical (unpaired) electrons. The fourth-order valence-electron chi connectivity index (χ4n) is 2.53. The zero-order chi connectivity index (χ0) is 16.4. The van der Waals surface area contributed by atoms with Crippen LogP contribution < -0.4 is 5.73 Å². The van der Waals surface area contributed by atoms with Crippen LogP contribution in [0.3, 0.4) is 0 Å². The number of nitriles is 1. The lowest BCUT2D eigenvalue weighted by Crippen LogP contribution is -2.04. The van der Waals surface area contributed by atoms with Crippen LogP contribution in [-0.4, -0.2) is 9.97 Å². The Balaban J connectivity index is 2.31. The van der Waals surface area contributed by atoms with Gasteiger partial charge in [-0.2, -0.15) is 5.26 Å². The molecular weight excluding hydrogens is 291 g/mol. The fourth-order valence-corrected chi connectivity index (χ4v) is 2.53. The molecule has 112 valence electrons. The summed E-state index contributed by atoms with van der Waals surface area (Å²) in [6.45, 7) is 1.86. The third-order valence-electron chi connectivity index (χ3n) is 3.62. The van der Waals surface area contributed by atoms with Gasteiger partial charge in [0.1, 0.15) is 23.3 Å². The first kappa shape index (κ1) is 14.7. The number of nitrogens with two attached hydrogens (primary N) is 1. The maximum absolute atomic E-state index is 13.1. The Morgan fingerprint density at radius 3 is 2.48 bits per heavy atom. The van der Waals surface area contributed by atoms with Gasteiger partial charge in [-0.25, -0.2) is 9.37 Å². The molecule has 2 heterocycles. The zero-order valence-corrected chi connectivity index (χ0v) is 12.4. The maximum atomic E-state index is 13.1. The van der Waals surface area contributed by atoms with Crippen molar-refractivity contribution in [3.63, 3.8) is 0 Å². The summed E-state index contributed by atoms with van der Waals surface area (Å²) in [5.41, 5.74) is 9.70. The minimum atomic E-state index is -0.321. The smallest absolute Gasteiger partial charge is 0.142 e. The highest BCUT2D eigenvalue weighted by Crippen LogP contribution is 2.34. The fraction of sp³-hybridized carbons (Fsp3) is 0.0556. The van der Waals surface area contributed by atoms with Crippen molar-refractivity contribution in [2.75, 3.05) is 5.73 Å². The molecule has 0 aliphatic rings. The monoisotopic (exact) mass is 304 g/mol. The topological polar surface area (TPSA) is 75.6 Å². The van der Waals surface area contributed by atoms with Crippen molar-refractivity contribution in [2.45, 2.75) is 6.92 Å². The van der Waals surface area contributed by atoms with Crippen LogP contribution in [0.15, 0.2) is 48.7 Å². The molecule has 5 heteroatoms. The number of pyridine rings is 2. The van der Waals surface area contributed by atoms with Crippen LogP contribution in [0, 0.1) is 24.1 Å². The Morgan fingerprint density at radius 1 is 1.13 bits per heavy atom. The van der Waals surface area contributed by atoms with E-state index >= 15 is 0 Å². The maximum Gasteiger partial charge on any atom is 0.142 e. The molecule has 0 atom stereocenters. The number of rotatable bonds is 2. The lowest BCUT2D eigenvalue weighted by molar-refractivity contribution is 0.628. The highest BCUT2D eigenvalue weighted by Gasteiger charge is 2.18. The third-order valence-corrected chi connectivity index (χ3v) is 3.62. The highest BCUT2D eigenvalue weighted by molar-refractivity contribution is 5.82. The molecule has 0 spiro atoms. The molecule has 0 bridgehead atoms. The van der Waals surface area contributed by atoms with Crippen molar-refractivity contribution in [1.29, 1.82) is 5.26 Å². The first-order valence-electron chi connectivity index (χ1n) is 6.99. The van der Waals surface area contributed by atoms with Gasteiger partial charge in [0.15, 0.2) is 0 Å². The SMILES string of the molecule is Cc1c(-c2ccc(F)cc2)nc(N)c(C#N)c1-c1ccccn1. The second-order valence-corrected chi connectivity index (χ2v) is 5.05. The van der Waals surface area contributed by atoms with Crippen LogP contribution in [0.25, 0.3) is 22.5 Å². The average Bonchev–Trinajstić information content (AvgIpc) is 2.58. The van der Waals surface area contributed by atoms with E-state index in [0.29, 0.717) is 22.5 Å². The summed E-state index contributed by atoms with van der Waals surface area (Å²) in [5, 5.41) is 9.44. The lowest BCUT2D eigenvalue weighted by atomic mass is 9.95. The second-order valence-electron chi connectivity index (χ2n) is 5.05. The molecule has 1 aromatic carbocycles. The standard InChI is InChI=1S/C18H13FN4/c1-11-16(15-4-2-3-9-22-15)14(10-20)18(21)23-17(11)12-5-7-13(19)8-6-12/h2-9H,1H3,(H2,21,23). The van der Waals surface area contributed by atoms with Crippen molar-refractivity contribution in [2.24, 2.45) is 0 Å². The number of hydrogen-bond acceptors (Lipinski definition) is 4. The van der Waals surface area contributed by atoms with Gasteiger partial charge in [0.25, 0.3) is 0 Å². The predicted octanol–water partition coefficient (Wildman–Crippen LogP) is 3.71. The summed E-state index contributed by atoms with van der Waals surface area (Å²) in [4.78, 5) is 8.65. The van der Waals surface area contributed by atoms with Gasteiger partial charge in [0.2, 0.25) is 0 Å². The molecule has 0 saturated carbocycles. The predicted molar refractivity (Wildman–Crippen MR) is 86.7 cm³/mol. The molecule has 23 heavy (non-hydrogen) atoms. The van der Waals surface area contributed by atoms with Crippen molar-refractivity contribution >= 4 is 5.82 Å². The van der Waals surface area contributed by atoms with E-state index in [2.05, 4.69) is 16.0 Å². The Hall–Kier alpha value is -3.26. The summed E-state index contributed by atoms with van der Waals surface area (Å²) in [6.07, 6.45) is 1.66. The molecule has 0 aliphatic carbocycles. The van der Waals surface area contributed by atoms with Crippen molar-refractivity contribution in [3.05, 3.63) is 65.6 Å². The van der Waals surface area contributed by atoms with Gasteiger partial charge in [-0.3, -0.25) is 4.98 Å². The number of anilines is 1. The largest absolute Gasteiger partial charge is 0.383 e. The van der Waals surface area contributed by atoms with Gasteiger partial charge in [0, 0.05) is 17.3 Å². The molecule has 3 aromatic rings. The molecule has 2 N–H and O–H groups in total. The minimum Gasteiger partial charge on any atom is -0.383 e. The Labute approximate surface area is 133 Å². The molecule has 0 unspecified atom stereocenters. The quantitative estimate of drug-likeness (QED) is 0.783. The number of nitrogens with zero attached hydrogens (tertiary/aromatic N) is 3. The Kier molecular flexibility index (Phi) is 3.73. The van der Waals surface area contributed by atoms with E-state index in [1.54, 1.807) is 24.4 Å². The van der Waals surface area contributed by atoms with Gasteiger partial charge in [-0.05, 0) is 48.9 Å². The third kappa shape index (κ3) is 2.62. The van der Waals surface area contributed by atoms with Crippen LogP contribution in [0.2, 0.25) is 0 Å². The molecular formula is C18H13FN4. The Morgan fingerprint density at radius 2 is 1.87 bits per heavy atom. The Bertz CT molecular complexity index is 897. The zero-order valence-electron chi connectivity index (χ0n) is 12.4. The number of halogens is 1. The van der Waals surface area contributed by atoms with Crippen LogP contribution in [-0.2, 0) is 0 Å². The summed E-state index contributed by atoms with van der Waals surface area (Å²) in [5.74, 6) is -0.184. The summed E-state index contributed by atoms with van der Waals surface area (Å²) < 4.78 is 13.1.